The molecule has 2 heteroatoms. The highest BCUT2D eigenvalue weighted by atomic mass is 79.9. The molecule has 1 nitrogen and oxygen atoms in total. The quantitative estimate of drug-likeness (QED) is 0.764. The summed E-state index contributed by atoms with van der Waals surface area (Å²) in [4.78, 5) is 0. The first kappa shape index (κ1) is 10.4. The van der Waals surface area contributed by atoms with Crippen LogP contribution in [-0.2, 0) is 0 Å². The van der Waals surface area contributed by atoms with Crippen molar-refractivity contribution in [3.05, 3.63) is 34.3 Å². The third kappa shape index (κ3) is 1.69. The van der Waals surface area contributed by atoms with E-state index in [1.807, 2.05) is 12.1 Å². The van der Waals surface area contributed by atoms with Gasteiger partial charge in [-0.1, -0.05) is 22.0 Å². The second-order valence-electron chi connectivity index (χ2n) is 4.97. The lowest BCUT2D eigenvalue weighted by molar-refractivity contribution is 0.340. The SMILES string of the molecule is Nc1ccc(Br)cc1C1=CC2CCC1CC2. The van der Waals surface area contributed by atoms with Gasteiger partial charge in [0.05, 0.1) is 0 Å². The highest BCUT2D eigenvalue weighted by Gasteiger charge is 2.30. The maximum Gasteiger partial charge on any atom is 0.0391 e. The number of nitrogen functional groups attached to an aromatic ring is 1. The van der Waals surface area contributed by atoms with Crippen molar-refractivity contribution in [2.75, 3.05) is 5.73 Å². The Morgan fingerprint density at radius 2 is 1.88 bits per heavy atom. The van der Waals surface area contributed by atoms with E-state index in [4.69, 9.17) is 5.73 Å². The zero-order valence-electron chi connectivity index (χ0n) is 9.25. The Morgan fingerprint density at radius 3 is 2.50 bits per heavy atom. The molecule has 4 rings (SSSR count). The summed E-state index contributed by atoms with van der Waals surface area (Å²) in [6.07, 6.45) is 7.92. The van der Waals surface area contributed by atoms with Crippen LogP contribution in [0.2, 0.25) is 0 Å². The number of anilines is 1. The summed E-state index contributed by atoms with van der Waals surface area (Å²) in [7, 11) is 0. The van der Waals surface area contributed by atoms with Crippen LogP contribution in [0, 0.1) is 11.8 Å². The van der Waals surface area contributed by atoms with E-state index in [1.54, 1.807) is 0 Å². The van der Waals surface area contributed by atoms with Crippen molar-refractivity contribution in [2.24, 2.45) is 11.8 Å². The second-order valence-corrected chi connectivity index (χ2v) is 5.88. The molecule has 0 amide bonds. The third-order valence-corrected chi connectivity index (χ3v) is 4.45. The van der Waals surface area contributed by atoms with Gasteiger partial charge in [0.2, 0.25) is 0 Å². The molecule has 1 fully saturated rings. The monoisotopic (exact) mass is 277 g/mol. The Hall–Kier alpha value is -0.760. The number of benzene rings is 1. The van der Waals surface area contributed by atoms with E-state index in [0.717, 1.165) is 22.0 Å². The second kappa shape index (κ2) is 3.92. The Kier molecular flexibility index (Phi) is 2.55. The summed E-state index contributed by atoms with van der Waals surface area (Å²) in [6.45, 7) is 0. The number of rotatable bonds is 1. The first-order valence-electron chi connectivity index (χ1n) is 6.01. The van der Waals surface area contributed by atoms with Crippen LogP contribution in [0.5, 0.6) is 0 Å². The van der Waals surface area contributed by atoms with Gasteiger partial charge in [-0.25, -0.2) is 0 Å². The van der Waals surface area contributed by atoms with Crippen LogP contribution in [0.15, 0.2) is 28.7 Å². The molecule has 1 saturated carbocycles. The summed E-state index contributed by atoms with van der Waals surface area (Å²) in [5, 5.41) is 0. The maximum absolute atomic E-state index is 6.09. The molecule has 2 N–H and O–H groups in total. The third-order valence-electron chi connectivity index (χ3n) is 3.95. The number of allylic oxidation sites excluding steroid dienone is 2. The van der Waals surface area contributed by atoms with Gasteiger partial charge in [-0.3, -0.25) is 0 Å². The first-order valence-corrected chi connectivity index (χ1v) is 6.80. The van der Waals surface area contributed by atoms with Crippen LogP contribution in [0.3, 0.4) is 0 Å². The average molecular weight is 278 g/mol. The smallest absolute Gasteiger partial charge is 0.0391 e. The van der Waals surface area contributed by atoms with E-state index in [9.17, 15) is 0 Å². The number of hydrogen-bond donors (Lipinski definition) is 1. The number of halogens is 1. The number of hydrogen-bond acceptors (Lipinski definition) is 1. The minimum atomic E-state index is 0.751. The Labute approximate surface area is 105 Å². The fourth-order valence-corrected chi connectivity index (χ4v) is 3.44. The van der Waals surface area contributed by atoms with Crippen molar-refractivity contribution in [3.8, 4) is 0 Å². The van der Waals surface area contributed by atoms with E-state index in [0.29, 0.717) is 0 Å². The highest BCUT2D eigenvalue weighted by molar-refractivity contribution is 9.10. The average Bonchev–Trinajstić information content (AvgIpc) is 2.34. The van der Waals surface area contributed by atoms with Gasteiger partial charge in [-0.05, 0) is 61.3 Å². The predicted octanol–water partition coefficient (Wildman–Crippen LogP) is 4.23. The van der Waals surface area contributed by atoms with Crippen LogP contribution in [0.4, 0.5) is 5.69 Å². The largest absolute Gasteiger partial charge is 0.398 e. The lowest BCUT2D eigenvalue weighted by Gasteiger charge is -2.36. The number of nitrogens with two attached hydrogens (primary N) is 1. The molecule has 0 radical (unpaired) electrons. The van der Waals surface area contributed by atoms with Gasteiger partial charge < -0.3 is 5.73 Å². The molecule has 1 aromatic rings. The molecule has 3 aliphatic rings. The van der Waals surface area contributed by atoms with Gasteiger partial charge in [-0.15, -0.1) is 0 Å². The summed E-state index contributed by atoms with van der Waals surface area (Å²) in [5.74, 6) is 1.56. The van der Waals surface area contributed by atoms with E-state index in [-0.39, 0.29) is 0 Å². The molecule has 0 aliphatic heterocycles. The van der Waals surface area contributed by atoms with Gasteiger partial charge in [0.1, 0.15) is 0 Å². The molecule has 0 heterocycles. The molecular weight excluding hydrogens is 262 g/mol. The van der Waals surface area contributed by atoms with Gasteiger partial charge in [0.25, 0.3) is 0 Å². The molecule has 0 saturated heterocycles. The highest BCUT2D eigenvalue weighted by Crippen LogP contribution is 2.46. The van der Waals surface area contributed by atoms with E-state index in [2.05, 4.69) is 28.1 Å². The van der Waals surface area contributed by atoms with Crippen molar-refractivity contribution in [3.63, 3.8) is 0 Å². The van der Waals surface area contributed by atoms with Gasteiger partial charge >= 0.3 is 0 Å². The Balaban J connectivity index is 2.06. The molecule has 1 aromatic carbocycles. The van der Waals surface area contributed by atoms with Crippen LogP contribution in [0.1, 0.15) is 31.2 Å². The van der Waals surface area contributed by atoms with Crippen molar-refractivity contribution >= 4 is 27.2 Å². The van der Waals surface area contributed by atoms with Crippen molar-refractivity contribution in [1.29, 1.82) is 0 Å². The Bertz CT molecular complexity index is 442. The van der Waals surface area contributed by atoms with E-state index >= 15 is 0 Å². The maximum atomic E-state index is 6.09. The molecule has 3 aliphatic carbocycles. The minimum Gasteiger partial charge on any atom is -0.398 e. The molecule has 0 atom stereocenters. The van der Waals surface area contributed by atoms with Crippen LogP contribution in [-0.4, -0.2) is 0 Å². The molecular formula is C14H16BrN. The normalized spacial score (nSPS) is 27.9. The predicted molar refractivity (Wildman–Crippen MR) is 72.0 cm³/mol. The molecule has 0 unspecified atom stereocenters. The lowest BCUT2D eigenvalue weighted by atomic mass is 9.69. The molecule has 84 valence electrons. The molecule has 0 aromatic heterocycles. The van der Waals surface area contributed by atoms with Crippen molar-refractivity contribution in [2.45, 2.75) is 25.7 Å². The topological polar surface area (TPSA) is 26.0 Å². The van der Waals surface area contributed by atoms with E-state index in [1.165, 1.54) is 36.8 Å². The number of fused-ring (bicyclic) bond motifs is 2. The fraction of sp³-hybridized carbons (Fsp3) is 0.429. The Morgan fingerprint density at radius 1 is 1.12 bits per heavy atom. The van der Waals surface area contributed by atoms with Gasteiger partial charge in [-0.2, -0.15) is 0 Å². The zero-order valence-corrected chi connectivity index (χ0v) is 10.8. The van der Waals surface area contributed by atoms with Gasteiger partial charge in [0.15, 0.2) is 0 Å². The molecule has 16 heavy (non-hydrogen) atoms. The summed E-state index contributed by atoms with van der Waals surface area (Å²) >= 11 is 3.53. The van der Waals surface area contributed by atoms with E-state index < -0.39 is 0 Å². The minimum absolute atomic E-state index is 0.751. The zero-order chi connectivity index (χ0) is 11.1. The van der Waals surface area contributed by atoms with Crippen molar-refractivity contribution in [1.82, 2.24) is 0 Å². The summed E-state index contributed by atoms with van der Waals surface area (Å²) in [6, 6.07) is 6.19. The standard InChI is InChI=1S/C14H16BrN/c15-11-5-6-14(16)13(8-11)12-7-9-1-3-10(12)4-2-9/h5-10H,1-4,16H2. The van der Waals surface area contributed by atoms with Gasteiger partial charge in [0, 0.05) is 15.7 Å². The summed E-state index contributed by atoms with van der Waals surface area (Å²) in [5.41, 5.74) is 9.76. The molecule has 2 bridgehead atoms. The van der Waals surface area contributed by atoms with Crippen LogP contribution in [0.25, 0.3) is 5.57 Å². The first-order chi connectivity index (χ1) is 7.74. The van der Waals surface area contributed by atoms with Crippen LogP contribution >= 0.6 is 15.9 Å². The fourth-order valence-electron chi connectivity index (χ4n) is 3.08. The van der Waals surface area contributed by atoms with Crippen molar-refractivity contribution < 1.29 is 0 Å². The van der Waals surface area contributed by atoms with Crippen LogP contribution < -0.4 is 5.73 Å². The lowest BCUT2D eigenvalue weighted by Crippen LogP contribution is -2.21. The summed E-state index contributed by atoms with van der Waals surface area (Å²) < 4.78 is 1.12. The molecule has 0 spiro atoms.